The van der Waals surface area contributed by atoms with Crippen molar-refractivity contribution >= 4 is 0 Å². The van der Waals surface area contributed by atoms with Crippen LogP contribution >= 0.6 is 0 Å². The van der Waals surface area contributed by atoms with E-state index in [1.54, 1.807) is 0 Å². The van der Waals surface area contributed by atoms with Crippen molar-refractivity contribution in [2.24, 2.45) is 5.92 Å². The van der Waals surface area contributed by atoms with E-state index in [-0.39, 0.29) is 0 Å². The van der Waals surface area contributed by atoms with Crippen LogP contribution < -0.4 is 5.32 Å². The Morgan fingerprint density at radius 3 is 2.41 bits per heavy atom. The molecule has 17 heavy (non-hydrogen) atoms. The molecule has 0 aromatic carbocycles. The van der Waals surface area contributed by atoms with Crippen molar-refractivity contribution in [2.75, 3.05) is 19.6 Å². The molecule has 1 saturated heterocycles. The highest BCUT2D eigenvalue weighted by Gasteiger charge is 2.38. The van der Waals surface area contributed by atoms with Crippen molar-refractivity contribution in [3.05, 3.63) is 0 Å². The Labute approximate surface area is 107 Å². The first-order valence-electron chi connectivity index (χ1n) is 7.72. The first-order valence-corrected chi connectivity index (χ1v) is 7.72. The van der Waals surface area contributed by atoms with Crippen LogP contribution in [-0.4, -0.2) is 36.1 Å². The largest absolute Gasteiger partial charge is 0.311 e. The van der Waals surface area contributed by atoms with E-state index in [1.165, 1.54) is 58.2 Å². The average Bonchev–Trinajstić information content (AvgIpc) is 3.20. The van der Waals surface area contributed by atoms with Crippen molar-refractivity contribution in [1.29, 1.82) is 0 Å². The molecule has 1 saturated carbocycles. The highest BCUT2D eigenvalue weighted by molar-refractivity contribution is 4.97. The van der Waals surface area contributed by atoms with Gasteiger partial charge in [-0.3, -0.25) is 4.90 Å². The molecule has 0 radical (unpaired) electrons. The highest BCUT2D eigenvalue weighted by Crippen LogP contribution is 2.35. The Balaban J connectivity index is 1.96. The smallest absolute Gasteiger partial charge is 0.0329 e. The second-order valence-electron chi connectivity index (χ2n) is 6.10. The number of rotatable bonds is 6. The molecule has 1 unspecified atom stereocenters. The molecule has 1 heterocycles. The van der Waals surface area contributed by atoms with Crippen LogP contribution in [-0.2, 0) is 0 Å². The van der Waals surface area contributed by atoms with E-state index in [0.29, 0.717) is 5.54 Å². The minimum atomic E-state index is 0.445. The van der Waals surface area contributed by atoms with Crippen LogP contribution in [0.5, 0.6) is 0 Å². The van der Waals surface area contributed by atoms with Crippen LogP contribution in [0.15, 0.2) is 0 Å². The molecular formula is C15H30N2. The Hall–Kier alpha value is -0.0800. The van der Waals surface area contributed by atoms with Gasteiger partial charge in [-0.25, -0.2) is 0 Å². The topological polar surface area (TPSA) is 15.3 Å². The zero-order valence-corrected chi connectivity index (χ0v) is 12.0. The lowest BCUT2D eigenvalue weighted by molar-refractivity contribution is 0.0288. The standard InChI is InChI=1S/C15H30N2/c1-4-14-11-17(10-9-13-7-8-13)15(5-2,6-3)12-16-14/h13-14,16H,4-12H2,1-3H3. The summed E-state index contributed by atoms with van der Waals surface area (Å²) in [6.07, 6.45) is 8.28. The molecule has 1 atom stereocenters. The zero-order valence-electron chi connectivity index (χ0n) is 12.0. The summed E-state index contributed by atoms with van der Waals surface area (Å²) in [4.78, 5) is 2.82. The Kier molecular flexibility index (Phi) is 4.48. The molecule has 2 nitrogen and oxygen atoms in total. The number of hydrogen-bond donors (Lipinski definition) is 1. The van der Waals surface area contributed by atoms with E-state index < -0.39 is 0 Å². The third-order valence-corrected chi connectivity index (χ3v) is 5.14. The third kappa shape index (κ3) is 3.03. The maximum absolute atomic E-state index is 3.75. The van der Waals surface area contributed by atoms with E-state index in [0.717, 1.165) is 12.0 Å². The van der Waals surface area contributed by atoms with Gasteiger partial charge in [0.2, 0.25) is 0 Å². The summed E-state index contributed by atoms with van der Waals surface area (Å²) in [5.41, 5.74) is 0.445. The number of nitrogens with one attached hydrogen (secondary N) is 1. The van der Waals surface area contributed by atoms with Gasteiger partial charge >= 0.3 is 0 Å². The average molecular weight is 238 g/mol. The van der Waals surface area contributed by atoms with Crippen molar-refractivity contribution in [3.63, 3.8) is 0 Å². The quantitative estimate of drug-likeness (QED) is 0.765. The van der Waals surface area contributed by atoms with Gasteiger partial charge in [0.25, 0.3) is 0 Å². The summed E-state index contributed by atoms with van der Waals surface area (Å²) in [6.45, 7) is 10.8. The second kappa shape index (κ2) is 5.71. The third-order valence-electron chi connectivity index (χ3n) is 5.14. The van der Waals surface area contributed by atoms with Gasteiger partial charge in [0.15, 0.2) is 0 Å². The lowest BCUT2D eigenvalue weighted by Crippen LogP contribution is -2.64. The lowest BCUT2D eigenvalue weighted by atomic mass is 9.86. The van der Waals surface area contributed by atoms with Crippen LogP contribution in [0.25, 0.3) is 0 Å². The molecule has 1 aliphatic carbocycles. The van der Waals surface area contributed by atoms with Crippen molar-refractivity contribution < 1.29 is 0 Å². The van der Waals surface area contributed by atoms with E-state index in [9.17, 15) is 0 Å². The van der Waals surface area contributed by atoms with Crippen molar-refractivity contribution in [2.45, 2.75) is 70.9 Å². The Morgan fingerprint density at radius 2 is 1.88 bits per heavy atom. The number of hydrogen-bond acceptors (Lipinski definition) is 2. The van der Waals surface area contributed by atoms with E-state index in [1.807, 2.05) is 0 Å². The van der Waals surface area contributed by atoms with Gasteiger partial charge in [-0.05, 0) is 38.1 Å². The molecule has 0 amide bonds. The van der Waals surface area contributed by atoms with Gasteiger partial charge in [0.1, 0.15) is 0 Å². The van der Waals surface area contributed by atoms with Crippen LogP contribution in [0.3, 0.4) is 0 Å². The summed E-state index contributed by atoms with van der Waals surface area (Å²) in [6, 6.07) is 0.723. The van der Waals surface area contributed by atoms with Gasteiger partial charge in [-0.1, -0.05) is 33.6 Å². The molecular weight excluding hydrogens is 208 g/mol. The van der Waals surface area contributed by atoms with E-state index >= 15 is 0 Å². The molecule has 0 aromatic rings. The molecule has 2 fully saturated rings. The fourth-order valence-corrected chi connectivity index (χ4v) is 3.26. The molecule has 0 aromatic heterocycles. The van der Waals surface area contributed by atoms with Crippen molar-refractivity contribution in [1.82, 2.24) is 10.2 Å². The second-order valence-corrected chi connectivity index (χ2v) is 6.10. The number of nitrogens with zero attached hydrogens (tertiary/aromatic N) is 1. The number of piperazine rings is 1. The summed E-state index contributed by atoms with van der Waals surface area (Å²) in [5.74, 6) is 1.07. The highest BCUT2D eigenvalue weighted by atomic mass is 15.3. The molecule has 1 aliphatic heterocycles. The molecule has 1 N–H and O–H groups in total. The van der Waals surface area contributed by atoms with E-state index in [4.69, 9.17) is 0 Å². The Morgan fingerprint density at radius 1 is 1.18 bits per heavy atom. The molecule has 2 heteroatoms. The lowest BCUT2D eigenvalue weighted by Gasteiger charge is -2.50. The maximum atomic E-state index is 3.75. The molecule has 2 aliphatic rings. The van der Waals surface area contributed by atoms with Crippen molar-refractivity contribution in [3.8, 4) is 0 Å². The van der Waals surface area contributed by atoms with Crippen LogP contribution in [0.2, 0.25) is 0 Å². The zero-order chi connectivity index (χ0) is 12.3. The summed E-state index contributed by atoms with van der Waals surface area (Å²) in [7, 11) is 0. The molecule has 0 spiro atoms. The summed E-state index contributed by atoms with van der Waals surface area (Å²) < 4.78 is 0. The first kappa shape index (κ1) is 13.4. The van der Waals surface area contributed by atoms with Crippen LogP contribution in [0.4, 0.5) is 0 Å². The van der Waals surface area contributed by atoms with Gasteiger partial charge in [0, 0.05) is 24.7 Å². The normalized spacial score (nSPS) is 29.5. The summed E-state index contributed by atoms with van der Waals surface area (Å²) >= 11 is 0. The minimum absolute atomic E-state index is 0.445. The van der Waals surface area contributed by atoms with Gasteiger partial charge < -0.3 is 5.32 Å². The molecule has 2 rings (SSSR count). The summed E-state index contributed by atoms with van der Waals surface area (Å²) in [5, 5.41) is 3.75. The SMILES string of the molecule is CCC1CN(CCC2CC2)C(CC)(CC)CN1. The molecule has 100 valence electrons. The van der Waals surface area contributed by atoms with Gasteiger partial charge in [-0.15, -0.1) is 0 Å². The predicted molar refractivity (Wildman–Crippen MR) is 74.3 cm³/mol. The maximum Gasteiger partial charge on any atom is 0.0329 e. The van der Waals surface area contributed by atoms with Gasteiger partial charge in [0.05, 0.1) is 0 Å². The fraction of sp³-hybridized carbons (Fsp3) is 1.00. The Bertz CT molecular complexity index is 231. The monoisotopic (exact) mass is 238 g/mol. The first-order chi connectivity index (χ1) is 8.24. The predicted octanol–water partition coefficient (Wildman–Crippen LogP) is 3.03. The fourth-order valence-electron chi connectivity index (χ4n) is 3.26. The minimum Gasteiger partial charge on any atom is -0.311 e. The van der Waals surface area contributed by atoms with E-state index in [2.05, 4.69) is 31.0 Å². The molecule has 0 bridgehead atoms. The van der Waals surface area contributed by atoms with Gasteiger partial charge in [-0.2, -0.15) is 0 Å². The van der Waals surface area contributed by atoms with Crippen LogP contribution in [0, 0.1) is 5.92 Å². The van der Waals surface area contributed by atoms with Crippen LogP contribution in [0.1, 0.15) is 59.3 Å².